The fourth-order valence-corrected chi connectivity index (χ4v) is 3.57. The minimum Gasteiger partial charge on any atom is -0.337 e. The van der Waals surface area contributed by atoms with Crippen molar-refractivity contribution in [2.45, 2.75) is 25.3 Å². The Morgan fingerprint density at radius 3 is 2.80 bits per heavy atom. The number of benzene rings is 2. The van der Waals surface area contributed by atoms with Gasteiger partial charge in [0.1, 0.15) is 23.5 Å². The maximum atomic E-state index is 14.2. The fraction of sp³-hybridized carbons (Fsp3) is 0.238. The van der Waals surface area contributed by atoms with Crippen LogP contribution in [-0.4, -0.2) is 40.1 Å². The van der Waals surface area contributed by atoms with Crippen LogP contribution in [0.15, 0.2) is 42.5 Å². The van der Waals surface area contributed by atoms with Crippen LogP contribution in [0.1, 0.15) is 34.0 Å². The highest BCUT2D eigenvalue weighted by Gasteiger charge is 2.32. The predicted octanol–water partition coefficient (Wildman–Crippen LogP) is 2.38. The van der Waals surface area contributed by atoms with Crippen molar-refractivity contribution < 1.29 is 18.4 Å². The Morgan fingerprint density at radius 2 is 2.03 bits per heavy atom. The van der Waals surface area contributed by atoms with E-state index in [1.165, 1.54) is 13.1 Å². The lowest BCUT2D eigenvalue weighted by Gasteiger charge is -2.22. The van der Waals surface area contributed by atoms with Crippen LogP contribution in [0, 0.1) is 11.6 Å². The maximum Gasteiger partial charge on any atom is 0.291 e. The number of aryl methyl sites for hydroxylation is 1. The third-order valence-corrected chi connectivity index (χ3v) is 5.03. The quantitative estimate of drug-likeness (QED) is 0.690. The summed E-state index contributed by atoms with van der Waals surface area (Å²) in [5.41, 5.74) is 1.41. The predicted molar refractivity (Wildman–Crippen MR) is 105 cm³/mol. The Bertz CT molecular complexity index is 1100. The average Bonchev–Trinajstić information content (AvgIpc) is 3.14. The summed E-state index contributed by atoms with van der Waals surface area (Å²) in [6.45, 7) is 0. The first kappa shape index (κ1) is 19.7. The maximum absolute atomic E-state index is 14.2. The molecule has 3 aromatic rings. The summed E-state index contributed by atoms with van der Waals surface area (Å²) in [5.74, 6) is -2.20. The number of anilines is 1. The third-order valence-electron chi connectivity index (χ3n) is 5.03. The second-order valence-corrected chi connectivity index (χ2v) is 7.13. The van der Waals surface area contributed by atoms with E-state index in [1.54, 1.807) is 0 Å². The topological polar surface area (TPSA) is 91.0 Å². The Kier molecular flexibility index (Phi) is 5.26. The molecule has 4 rings (SSSR count). The molecule has 2 amide bonds. The number of likely N-dealkylation sites (N-methyl/N-ethyl adjacent to an activating group) is 1. The molecule has 0 unspecified atom stereocenters. The fourth-order valence-electron chi connectivity index (χ4n) is 3.57. The Morgan fingerprint density at radius 1 is 1.27 bits per heavy atom. The molecule has 0 fully saturated rings. The van der Waals surface area contributed by atoms with E-state index in [4.69, 9.17) is 0 Å². The van der Waals surface area contributed by atoms with Crippen molar-refractivity contribution in [2.24, 2.45) is 0 Å². The number of hydrogen-bond acceptors (Lipinski definition) is 4. The highest BCUT2D eigenvalue weighted by molar-refractivity contribution is 6.02. The molecule has 1 aliphatic heterocycles. The number of halogens is 2. The van der Waals surface area contributed by atoms with Gasteiger partial charge in [0.25, 0.3) is 5.91 Å². The van der Waals surface area contributed by atoms with Crippen LogP contribution in [0.25, 0.3) is 0 Å². The molecule has 9 heteroatoms. The number of carbonyl (C=O) groups excluding carboxylic acids is 2. The SMILES string of the molecule is CN1C(=O)[C@@H](NC(=O)c2n[nH]c(Cc3ccccc3)n2)CCc2cc(F)cc(F)c21. The van der Waals surface area contributed by atoms with Crippen LogP contribution in [0.4, 0.5) is 14.5 Å². The van der Waals surface area contributed by atoms with Crippen LogP contribution >= 0.6 is 0 Å². The van der Waals surface area contributed by atoms with Gasteiger partial charge in [0, 0.05) is 19.5 Å². The molecule has 0 bridgehead atoms. The minimum atomic E-state index is -0.909. The summed E-state index contributed by atoms with van der Waals surface area (Å²) in [4.78, 5) is 30.6. The summed E-state index contributed by atoms with van der Waals surface area (Å²) >= 11 is 0. The normalized spacial score (nSPS) is 16.2. The molecule has 154 valence electrons. The van der Waals surface area contributed by atoms with E-state index < -0.39 is 29.5 Å². The number of amides is 2. The van der Waals surface area contributed by atoms with E-state index in [9.17, 15) is 18.4 Å². The molecule has 1 aromatic heterocycles. The van der Waals surface area contributed by atoms with E-state index in [-0.39, 0.29) is 24.4 Å². The van der Waals surface area contributed by atoms with E-state index >= 15 is 0 Å². The summed E-state index contributed by atoms with van der Waals surface area (Å²) in [6, 6.07) is 10.6. The summed E-state index contributed by atoms with van der Waals surface area (Å²) < 4.78 is 27.8. The molecule has 2 aromatic carbocycles. The summed E-state index contributed by atoms with van der Waals surface area (Å²) in [5, 5.41) is 9.26. The van der Waals surface area contributed by atoms with Crippen molar-refractivity contribution in [1.29, 1.82) is 0 Å². The number of H-pyrrole nitrogens is 1. The molecule has 2 heterocycles. The zero-order chi connectivity index (χ0) is 21.3. The molecule has 0 radical (unpaired) electrons. The Hall–Kier alpha value is -3.62. The van der Waals surface area contributed by atoms with E-state index in [1.807, 2.05) is 30.3 Å². The number of fused-ring (bicyclic) bond motifs is 1. The van der Waals surface area contributed by atoms with Gasteiger partial charge in [-0.2, -0.15) is 0 Å². The van der Waals surface area contributed by atoms with Crippen molar-refractivity contribution in [1.82, 2.24) is 20.5 Å². The van der Waals surface area contributed by atoms with Crippen LogP contribution in [0.5, 0.6) is 0 Å². The smallest absolute Gasteiger partial charge is 0.291 e. The lowest BCUT2D eigenvalue weighted by Crippen LogP contribution is -2.47. The largest absolute Gasteiger partial charge is 0.337 e. The zero-order valence-corrected chi connectivity index (χ0v) is 16.2. The number of rotatable bonds is 4. The number of hydrogen-bond donors (Lipinski definition) is 2. The van der Waals surface area contributed by atoms with E-state index in [2.05, 4.69) is 20.5 Å². The second-order valence-electron chi connectivity index (χ2n) is 7.13. The highest BCUT2D eigenvalue weighted by Crippen LogP contribution is 2.30. The molecule has 30 heavy (non-hydrogen) atoms. The molecule has 0 aliphatic carbocycles. The van der Waals surface area contributed by atoms with Gasteiger partial charge in [-0.15, -0.1) is 5.10 Å². The number of aromatic nitrogens is 3. The minimum absolute atomic E-state index is 0.0289. The molecule has 0 spiro atoms. The molecule has 1 aliphatic rings. The molecule has 7 nitrogen and oxygen atoms in total. The second kappa shape index (κ2) is 8.02. The van der Waals surface area contributed by atoms with Gasteiger partial charge in [0.05, 0.1) is 5.69 Å². The number of carbonyl (C=O) groups is 2. The van der Waals surface area contributed by atoms with Crippen LogP contribution < -0.4 is 10.2 Å². The van der Waals surface area contributed by atoms with Gasteiger partial charge in [0.15, 0.2) is 0 Å². The molecule has 0 saturated heterocycles. The first-order valence-corrected chi connectivity index (χ1v) is 9.44. The number of aromatic amines is 1. The molecular weight excluding hydrogens is 392 g/mol. The third kappa shape index (κ3) is 3.91. The van der Waals surface area contributed by atoms with Crippen LogP contribution in [-0.2, 0) is 17.6 Å². The summed E-state index contributed by atoms with van der Waals surface area (Å²) in [6.07, 6.45) is 0.913. The van der Waals surface area contributed by atoms with Gasteiger partial charge >= 0.3 is 0 Å². The molecule has 0 saturated carbocycles. The van der Waals surface area contributed by atoms with Gasteiger partial charge < -0.3 is 10.2 Å². The van der Waals surface area contributed by atoms with Crippen molar-refractivity contribution >= 4 is 17.5 Å². The van der Waals surface area contributed by atoms with Gasteiger partial charge in [-0.1, -0.05) is 30.3 Å². The van der Waals surface area contributed by atoms with Crippen LogP contribution in [0.3, 0.4) is 0 Å². The highest BCUT2D eigenvalue weighted by atomic mass is 19.1. The number of nitrogens with zero attached hydrogens (tertiary/aromatic N) is 3. The molecule has 2 N–H and O–H groups in total. The van der Waals surface area contributed by atoms with Crippen molar-refractivity contribution in [2.75, 3.05) is 11.9 Å². The summed E-state index contributed by atoms with van der Waals surface area (Å²) in [7, 11) is 1.40. The number of nitrogens with one attached hydrogen (secondary N) is 2. The van der Waals surface area contributed by atoms with Crippen LogP contribution in [0.2, 0.25) is 0 Å². The monoisotopic (exact) mass is 411 g/mol. The first-order chi connectivity index (χ1) is 14.4. The van der Waals surface area contributed by atoms with E-state index in [0.717, 1.165) is 16.5 Å². The van der Waals surface area contributed by atoms with Crippen molar-refractivity contribution in [3.05, 3.63) is 76.9 Å². The average molecular weight is 411 g/mol. The van der Waals surface area contributed by atoms with Crippen molar-refractivity contribution in [3.63, 3.8) is 0 Å². The molecule has 1 atom stereocenters. The van der Waals surface area contributed by atoms with Gasteiger partial charge in [-0.05, 0) is 30.0 Å². The first-order valence-electron chi connectivity index (χ1n) is 9.44. The van der Waals surface area contributed by atoms with Gasteiger partial charge in [0.2, 0.25) is 11.7 Å². The standard InChI is InChI=1S/C21H19F2N5O2/c1-28-18-13(10-14(22)11-15(18)23)7-8-16(21(28)30)24-20(29)19-25-17(26-27-19)9-12-5-3-2-4-6-12/h2-6,10-11,16H,7-9H2,1H3,(H,24,29)(H,25,26,27)/t16-/m0/s1. The van der Waals surface area contributed by atoms with Crippen molar-refractivity contribution in [3.8, 4) is 0 Å². The molecular formula is C21H19F2N5O2. The van der Waals surface area contributed by atoms with E-state index in [0.29, 0.717) is 17.8 Å². The lowest BCUT2D eigenvalue weighted by atomic mass is 10.1. The zero-order valence-electron chi connectivity index (χ0n) is 16.2. The lowest BCUT2D eigenvalue weighted by molar-refractivity contribution is -0.120. The Balaban J connectivity index is 1.47. The van der Waals surface area contributed by atoms with Gasteiger partial charge in [-0.25, -0.2) is 13.8 Å². The van der Waals surface area contributed by atoms with Gasteiger partial charge in [-0.3, -0.25) is 14.7 Å². The Labute approximate surface area is 171 Å².